The van der Waals surface area contributed by atoms with Gasteiger partial charge in [-0.2, -0.15) is 0 Å². The Kier molecular flexibility index (Phi) is 5.64. The van der Waals surface area contributed by atoms with E-state index in [4.69, 9.17) is 10.5 Å². The number of rotatable bonds is 7. The zero-order valence-corrected chi connectivity index (χ0v) is 12.8. The predicted molar refractivity (Wildman–Crippen MR) is 75.2 cm³/mol. The molecular weight excluding hydrogens is 283 g/mol. The molecule has 1 aromatic rings. The van der Waals surface area contributed by atoms with Crippen LogP contribution in [0.15, 0.2) is 23.1 Å². The van der Waals surface area contributed by atoms with Crippen molar-refractivity contribution >= 4 is 10.0 Å². The van der Waals surface area contributed by atoms with Crippen LogP contribution < -0.4 is 10.5 Å². The Hall–Kier alpha value is -1.02. The van der Waals surface area contributed by atoms with Crippen LogP contribution >= 0.6 is 0 Å². The van der Waals surface area contributed by atoms with Crippen LogP contribution in [0.4, 0.5) is 4.39 Å². The molecule has 0 heterocycles. The van der Waals surface area contributed by atoms with Crippen molar-refractivity contribution in [3.63, 3.8) is 0 Å². The Balaban J connectivity index is 2.89. The predicted octanol–water partition coefficient (Wildman–Crippen LogP) is 1.38. The van der Waals surface area contributed by atoms with Crippen molar-refractivity contribution in [3.8, 4) is 0 Å². The highest BCUT2D eigenvalue weighted by Gasteiger charge is 2.23. The average molecular weight is 304 g/mol. The Bertz CT molecular complexity index is 559. The van der Waals surface area contributed by atoms with Crippen molar-refractivity contribution in [3.05, 3.63) is 29.6 Å². The number of nitrogens with two attached hydrogens (primary N) is 1. The fourth-order valence-corrected chi connectivity index (χ4v) is 2.92. The lowest BCUT2D eigenvalue weighted by Crippen LogP contribution is -2.40. The van der Waals surface area contributed by atoms with E-state index in [1.165, 1.54) is 12.1 Å². The average Bonchev–Trinajstić information content (AvgIpc) is 2.37. The van der Waals surface area contributed by atoms with E-state index < -0.39 is 21.4 Å². The molecule has 0 saturated carbocycles. The zero-order chi connectivity index (χ0) is 15.4. The second-order valence-corrected chi connectivity index (χ2v) is 6.74. The largest absolute Gasteiger partial charge is 0.375 e. The second kappa shape index (κ2) is 6.62. The van der Waals surface area contributed by atoms with E-state index in [2.05, 4.69) is 4.72 Å². The summed E-state index contributed by atoms with van der Waals surface area (Å²) in [5.41, 5.74) is 4.92. The van der Waals surface area contributed by atoms with E-state index in [1.807, 2.05) is 6.92 Å². The van der Waals surface area contributed by atoms with Gasteiger partial charge in [-0.3, -0.25) is 0 Å². The smallest absolute Gasteiger partial charge is 0.240 e. The standard InChI is InChI=1S/C13H21FN2O3S/c1-4-19-13(2,3)9-16-20(17,18)11-5-6-12(14)10(7-11)8-15/h5-7,16H,4,8-9,15H2,1-3H3. The number of hydrogen-bond donors (Lipinski definition) is 2. The van der Waals surface area contributed by atoms with Gasteiger partial charge in [-0.25, -0.2) is 17.5 Å². The summed E-state index contributed by atoms with van der Waals surface area (Å²) in [6.07, 6.45) is 0. The minimum atomic E-state index is -3.71. The fraction of sp³-hybridized carbons (Fsp3) is 0.538. The fourth-order valence-electron chi connectivity index (χ4n) is 1.67. The van der Waals surface area contributed by atoms with Crippen LogP contribution in [0, 0.1) is 5.82 Å². The maximum atomic E-state index is 13.3. The van der Waals surface area contributed by atoms with Crippen LogP contribution in [0.3, 0.4) is 0 Å². The van der Waals surface area contributed by atoms with Gasteiger partial charge in [0.1, 0.15) is 5.82 Å². The molecule has 114 valence electrons. The van der Waals surface area contributed by atoms with Gasteiger partial charge in [0.05, 0.1) is 10.5 Å². The first kappa shape index (κ1) is 17.0. The molecule has 3 N–H and O–H groups in total. The maximum Gasteiger partial charge on any atom is 0.240 e. The second-order valence-electron chi connectivity index (χ2n) is 4.97. The molecule has 0 radical (unpaired) electrons. The number of sulfonamides is 1. The molecule has 20 heavy (non-hydrogen) atoms. The van der Waals surface area contributed by atoms with Gasteiger partial charge in [0.15, 0.2) is 0 Å². The van der Waals surface area contributed by atoms with Gasteiger partial charge < -0.3 is 10.5 Å². The van der Waals surface area contributed by atoms with Crippen molar-refractivity contribution in [1.82, 2.24) is 4.72 Å². The third-order valence-electron chi connectivity index (χ3n) is 2.77. The molecular formula is C13H21FN2O3S. The molecule has 0 aliphatic carbocycles. The van der Waals surface area contributed by atoms with E-state index in [1.54, 1.807) is 13.8 Å². The van der Waals surface area contributed by atoms with Crippen molar-refractivity contribution in [2.24, 2.45) is 5.73 Å². The summed E-state index contributed by atoms with van der Waals surface area (Å²) in [7, 11) is -3.71. The van der Waals surface area contributed by atoms with Crippen molar-refractivity contribution in [2.75, 3.05) is 13.2 Å². The first-order chi connectivity index (χ1) is 9.22. The van der Waals surface area contributed by atoms with Crippen LogP contribution in [-0.2, 0) is 21.3 Å². The summed E-state index contributed by atoms with van der Waals surface area (Å²) in [6, 6.07) is 3.56. The molecule has 0 atom stereocenters. The molecule has 0 amide bonds. The summed E-state index contributed by atoms with van der Waals surface area (Å²) in [6.45, 7) is 5.97. The van der Waals surface area contributed by atoms with E-state index >= 15 is 0 Å². The molecule has 0 bridgehead atoms. The molecule has 1 aromatic carbocycles. The van der Waals surface area contributed by atoms with E-state index in [9.17, 15) is 12.8 Å². The molecule has 7 heteroatoms. The molecule has 0 unspecified atom stereocenters. The first-order valence-electron chi connectivity index (χ1n) is 6.34. The Morgan fingerprint density at radius 2 is 2.05 bits per heavy atom. The van der Waals surface area contributed by atoms with Crippen LogP contribution in [0.25, 0.3) is 0 Å². The highest BCUT2D eigenvalue weighted by Crippen LogP contribution is 2.16. The van der Waals surface area contributed by atoms with Gasteiger partial charge in [0.25, 0.3) is 0 Å². The molecule has 0 aromatic heterocycles. The third kappa shape index (κ3) is 4.52. The van der Waals surface area contributed by atoms with Gasteiger partial charge >= 0.3 is 0 Å². The normalized spacial score (nSPS) is 12.7. The minimum Gasteiger partial charge on any atom is -0.375 e. The topological polar surface area (TPSA) is 81.4 Å². The minimum absolute atomic E-state index is 0.00773. The number of halogens is 1. The van der Waals surface area contributed by atoms with E-state index in [0.29, 0.717) is 6.61 Å². The van der Waals surface area contributed by atoms with Crippen LogP contribution in [0.1, 0.15) is 26.3 Å². The van der Waals surface area contributed by atoms with Gasteiger partial charge in [-0.15, -0.1) is 0 Å². The summed E-state index contributed by atoms with van der Waals surface area (Å²) >= 11 is 0. The van der Waals surface area contributed by atoms with Crippen LogP contribution in [0.2, 0.25) is 0 Å². The molecule has 5 nitrogen and oxygen atoms in total. The highest BCUT2D eigenvalue weighted by atomic mass is 32.2. The van der Waals surface area contributed by atoms with E-state index in [0.717, 1.165) is 6.07 Å². The number of nitrogens with one attached hydrogen (secondary N) is 1. The Labute approximate surface area is 119 Å². The van der Waals surface area contributed by atoms with Crippen molar-refractivity contribution < 1.29 is 17.5 Å². The zero-order valence-electron chi connectivity index (χ0n) is 11.9. The monoisotopic (exact) mass is 304 g/mol. The number of ether oxygens (including phenoxy) is 1. The highest BCUT2D eigenvalue weighted by molar-refractivity contribution is 7.89. The lowest BCUT2D eigenvalue weighted by atomic mass is 10.1. The third-order valence-corrected chi connectivity index (χ3v) is 4.17. The lowest BCUT2D eigenvalue weighted by molar-refractivity contribution is -0.00515. The van der Waals surface area contributed by atoms with Gasteiger partial charge in [-0.1, -0.05) is 0 Å². The maximum absolute atomic E-state index is 13.3. The summed E-state index contributed by atoms with van der Waals surface area (Å²) < 4.78 is 45.5. The molecule has 1 rings (SSSR count). The summed E-state index contributed by atoms with van der Waals surface area (Å²) in [4.78, 5) is -0.00773. The van der Waals surface area contributed by atoms with Gasteiger partial charge in [-0.05, 0) is 39.0 Å². The summed E-state index contributed by atoms with van der Waals surface area (Å²) in [5.74, 6) is -0.513. The van der Waals surface area contributed by atoms with Gasteiger partial charge in [0.2, 0.25) is 10.0 Å². The first-order valence-corrected chi connectivity index (χ1v) is 7.82. The van der Waals surface area contributed by atoms with Crippen LogP contribution in [0.5, 0.6) is 0 Å². The molecule has 0 spiro atoms. The molecule has 0 fully saturated rings. The quantitative estimate of drug-likeness (QED) is 0.797. The number of benzene rings is 1. The SMILES string of the molecule is CCOC(C)(C)CNS(=O)(=O)c1ccc(F)c(CN)c1. The Morgan fingerprint density at radius 1 is 1.40 bits per heavy atom. The van der Waals surface area contributed by atoms with E-state index in [-0.39, 0.29) is 23.5 Å². The molecule has 0 saturated heterocycles. The molecule has 0 aliphatic heterocycles. The van der Waals surface area contributed by atoms with Crippen molar-refractivity contribution in [2.45, 2.75) is 37.8 Å². The summed E-state index contributed by atoms with van der Waals surface area (Å²) in [5, 5.41) is 0. The van der Waals surface area contributed by atoms with Crippen LogP contribution in [-0.4, -0.2) is 27.2 Å². The lowest BCUT2D eigenvalue weighted by Gasteiger charge is -2.24. The van der Waals surface area contributed by atoms with Gasteiger partial charge in [0, 0.05) is 25.3 Å². The Morgan fingerprint density at radius 3 is 2.60 bits per heavy atom. The number of hydrogen-bond acceptors (Lipinski definition) is 4. The van der Waals surface area contributed by atoms with Crippen molar-refractivity contribution in [1.29, 1.82) is 0 Å². The molecule has 0 aliphatic rings.